The van der Waals surface area contributed by atoms with Crippen LogP contribution in [-0.2, 0) is 27.1 Å². The van der Waals surface area contributed by atoms with Crippen molar-refractivity contribution < 1.29 is 0 Å². The SMILES string of the molecule is Cc1cc2c3c(c1)N(c1c(-c4ccccc4)cc(C(C)(C)C)cc1-c1ccccc1)c1c(sc4ccccc14)B3c1ccc3c(c1N2c1ccc2c(c1)C(C)(C)CCC2(C)C)C(C)(C)CCC3(C)C. The Morgan fingerprint density at radius 3 is 1.67 bits per heavy atom. The van der Waals surface area contributed by atoms with Gasteiger partial charge in [0.05, 0.1) is 11.4 Å². The third kappa shape index (κ3) is 6.71. The average molecular weight is 919 g/mol. The molecule has 1 aromatic heterocycles. The molecular weight excluding hydrogens is 852 g/mol. The van der Waals surface area contributed by atoms with E-state index < -0.39 is 0 Å². The molecule has 0 bridgehead atoms. The van der Waals surface area contributed by atoms with E-state index >= 15 is 0 Å². The van der Waals surface area contributed by atoms with Gasteiger partial charge in [-0.1, -0.05) is 173 Å². The fourth-order valence-electron chi connectivity index (χ4n) is 13.0. The molecule has 0 amide bonds. The molecule has 4 heteroatoms. The summed E-state index contributed by atoms with van der Waals surface area (Å²) in [5, 5.41) is 1.31. The summed E-state index contributed by atoms with van der Waals surface area (Å²) in [5.74, 6) is 0. The van der Waals surface area contributed by atoms with Crippen LogP contribution < -0.4 is 25.5 Å². The molecule has 0 unspecified atom stereocenters. The summed E-state index contributed by atoms with van der Waals surface area (Å²) in [6, 6.07) is 54.4. The van der Waals surface area contributed by atoms with Crippen LogP contribution in [0.1, 0.15) is 135 Å². The first-order valence-electron chi connectivity index (χ1n) is 25.6. The molecule has 2 nitrogen and oxygen atoms in total. The van der Waals surface area contributed by atoms with Gasteiger partial charge in [0.25, 0.3) is 6.71 Å². The van der Waals surface area contributed by atoms with Gasteiger partial charge in [-0.25, -0.2) is 0 Å². The van der Waals surface area contributed by atoms with Gasteiger partial charge in [0.2, 0.25) is 0 Å². The first kappa shape index (κ1) is 44.4. The van der Waals surface area contributed by atoms with Gasteiger partial charge in [-0.2, -0.15) is 0 Å². The number of benzene rings is 7. The highest BCUT2D eigenvalue weighted by Crippen LogP contribution is 2.57. The number of aryl methyl sites for hydroxylation is 1. The summed E-state index contributed by atoms with van der Waals surface area (Å²) in [4.78, 5) is 5.51. The molecule has 69 heavy (non-hydrogen) atoms. The topological polar surface area (TPSA) is 6.48 Å². The molecule has 0 spiro atoms. The predicted octanol–water partition coefficient (Wildman–Crippen LogP) is 16.6. The van der Waals surface area contributed by atoms with Crippen molar-refractivity contribution in [2.45, 2.75) is 136 Å². The van der Waals surface area contributed by atoms with Crippen molar-refractivity contribution in [1.29, 1.82) is 0 Å². The van der Waals surface area contributed by atoms with Gasteiger partial charge in [0.15, 0.2) is 0 Å². The summed E-state index contributed by atoms with van der Waals surface area (Å²) in [6.07, 6.45) is 4.70. The molecule has 12 rings (SSSR count). The molecule has 4 aliphatic rings. The first-order chi connectivity index (χ1) is 32.7. The van der Waals surface area contributed by atoms with Crippen LogP contribution in [0.5, 0.6) is 0 Å². The number of hydrogen-bond acceptors (Lipinski definition) is 3. The quantitative estimate of drug-likeness (QED) is 0.162. The van der Waals surface area contributed by atoms with Crippen molar-refractivity contribution in [2.75, 3.05) is 9.80 Å². The number of nitrogens with zero attached hydrogens (tertiary/aromatic N) is 2. The van der Waals surface area contributed by atoms with E-state index in [0.717, 1.165) is 6.42 Å². The molecule has 0 saturated heterocycles. The minimum Gasteiger partial charge on any atom is -0.311 e. The Bertz CT molecular complexity index is 3340. The molecule has 3 heterocycles. The van der Waals surface area contributed by atoms with Gasteiger partial charge < -0.3 is 9.80 Å². The molecule has 2 aliphatic carbocycles. The maximum atomic E-state index is 2.77. The normalized spacial score (nSPS) is 18.0. The summed E-state index contributed by atoms with van der Waals surface area (Å²) >= 11 is 2.01. The van der Waals surface area contributed by atoms with E-state index in [1.807, 2.05) is 11.3 Å². The van der Waals surface area contributed by atoms with Crippen molar-refractivity contribution in [3.63, 3.8) is 0 Å². The molecule has 7 aromatic carbocycles. The van der Waals surface area contributed by atoms with Crippen LogP contribution in [-0.4, -0.2) is 6.71 Å². The fourth-order valence-corrected chi connectivity index (χ4v) is 14.3. The Kier molecular flexibility index (Phi) is 9.70. The Labute approximate surface area is 416 Å². The van der Waals surface area contributed by atoms with Crippen LogP contribution in [0.3, 0.4) is 0 Å². The van der Waals surface area contributed by atoms with E-state index in [-0.39, 0.29) is 33.8 Å². The standard InChI is InChI=1S/C65H67BN2S/c1-40-35-52-56-53(36-40)68(57-46(41-21-15-13-16-22-41)37-43(61(2,3)4)38-47(57)42-23-17-14-18-24-42)58-45-25-19-20-26-54(45)69-60(58)66(56)51-30-29-49-55(65(11,12)34-33-63(49,7)8)59(51)67(52)44-27-28-48-50(39-44)64(9,10)32-31-62(48,5)6/h13-30,35-39H,31-34H2,1-12H3. The maximum Gasteiger partial charge on any atom is 0.264 e. The number of rotatable bonds is 4. The molecule has 0 saturated carbocycles. The maximum absolute atomic E-state index is 2.77. The lowest BCUT2D eigenvalue weighted by Gasteiger charge is -2.49. The predicted molar refractivity (Wildman–Crippen MR) is 301 cm³/mol. The van der Waals surface area contributed by atoms with Crippen LogP contribution in [0.15, 0.2) is 140 Å². The number of anilines is 6. The molecule has 346 valence electrons. The van der Waals surface area contributed by atoms with Crippen molar-refractivity contribution in [3.8, 4) is 22.3 Å². The lowest BCUT2D eigenvalue weighted by molar-refractivity contribution is 0.331. The van der Waals surface area contributed by atoms with Gasteiger partial charge in [-0.15, -0.1) is 11.3 Å². The Morgan fingerprint density at radius 1 is 0.507 bits per heavy atom. The highest BCUT2D eigenvalue weighted by Gasteiger charge is 2.50. The number of fused-ring (bicyclic) bond motifs is 9. The van der Waals surface area contributed by atoms with Crippen LogP contribution in [0.4, 0.5) is 34.1 Å². The second kappa shape index (κ2) is 15.1. The molecule has 0 fully saturated rings. The number of hydrogen-bond donors (Lipinski definition) is 0. The minimum absolute atomic E-state index is 0.0261. The molecule has 8 aromatic rings. The van der Waals surface area contributed by atoms with Crippen molar-refractivity contribution in [3.05, 3.63) is 173 Å². The van der Waals surface area contributed by atoms with Crippen molar-refractivity contribution in [1.82, 2.24) is 0 Å². The van der Waals surface area contributed by atoms with Gasteiger partial charge in [-0.05, 0) is 158 Å². The van der Waals surface area contributed by atoms with E-state index in [2.05, 4.69) is 232 Å². The second-order valence-electron chi connectivity index (χ2n) is 24.7. The van der Waals surface area contributed by atoms with Gasteiger partial charge in [-0.3, -0.25) is 0 Å². The summed E-state index contributed by atoms with van der Waals surface area (Å²) < 4.78 is 2.75. The second-order valence-corrected chi connectivity index (χ2v) is 25.8. The van der Waals surface area contributed by atoms with Gasteiger partial charge in [0, 0.05) is 48.7 Å². The molecule has 0 N–H and O–H groups in total. The third-order valence-corrected chi connectivity index (χ3v) is 18.3. The summed E-state index contributed by atoms with van der Waals surface area (Å²) in [6.45, 7) is 29.3. The first-order valence-corrected chi connectivity index (χ1v) is 26.5. The molecule has 0 radical (unpaired) electrons. The Hall–Kier alpha value is -5.84. The van der Waals surface area contributed by atoms with Crippen LogP contribution >= 0.6 is 11.3 Å². The average Bonchev–Trinajstić information content (AvgIpc) is 3.71. The zero-order chi connectivity index (χ0) is 48.2. The van der Waals surface area contributed by atoms with Crippen LogP contribution in [0.25, 0.3) is 32.3 Å². The van der Waals surface area contributed by atoms with Gasteiger partial charge in [0.1, 0.15) is 0 Å². The molecular formula is C65H67BN2S. The summed E-state index contributed by atoms with van der Waals surface area (Å²) in [5.41, 5.74) is 24.4. The largest absolute Gasteiger partial charge is 0.311 e. The smallest absolute Gasteiger partial charge is 0.264 e. The zero-order valence-electron chi connectivity index (χ0n) is 43.0. The van der Waals surface area contributed by atoms with Crippen molar-refractivity contribution in [2.24, 2.45) is 0 Å². The van der Waals surface area contributed by atoms with E-state index in [1.165, 1.54) is 135 Å². The van der Waals surface area contributed by atoms with E-state index in [4.69, 9.17) is 0 Å². The highest BCUT2D eigenvalue weighted by molar-refractivity contribution is 7.33. The summed E-state index contributed by atoms with van der Waals surface area (Å²) in [7, 11) is 0. The Balaban J connectivity index is 1.25. The zero-order valence-corrected chi connectivity index (χ0v) is 43.8. The van der Waals surface area contributed by atoms with Crippen LogP contribution in [0, 0.1) is 6.92 Å². The lowest BCUT2D eigenvalue weighted by atomic mass is 9.35. The minimum atomic E-state index is -0.0777. The molecule has 0 atom stereocenters. The van der Waals surface area contributed by atoms with Crippen LogP contribution in [0.2, 0.25) is 0 Å². The van der Waals surface area contributed by atoms with Gasteiger partial charge >= 0.3 is 0 Å². The highest BCUT2D eigenvalue weighted by atomic mass is 32.1. The monoisotopic (exact) mass is 919 g/mol. The Morgan fingerprint density at radius 2 is 1.04 bits per heavy atom. The molecule has 2 aliphatic heterocycles. The van der Waals surface area contributed by atoms with E-state index in [9.17, 15) is 0 Å². The van der Waals surface area contributed by atoms with Crippen molar-refractivity contribution >= 4 is 78.0 Å². The third-order valence-electron chi connectivity index (χ3n) is 17.1. The number of thiophene rings is 1. The van der Waals surface area contributed by atoms with E-state index in [0.29, 0.717) is 0 Å². The fraction of sp³-hybridized carbons (Fsp3) is 0.323. The lowest BCUT2D eigenvalue weighted by Crippen LogP contribution is -2.61. The van der Waals surface area contributed by atoms with E-state index in [1.54, 1.807) is 0 Å².